The van der Waals surface area contributed by atoms with Crippen LogP contribution in [0.2, 0.25) is 0 Å². The lowest BCUT2D eigenvalue weighted by Gasteiger charge is -2.16. The molecule has 0 unspecified atom stereocenters. The normalized spacial score (nSPS) is 10.0. The zero-order valence-corrected chi connectivity index (χ0v) is 20.0. The minimum absolute atomic E-state index is 0.0626. The fraction of sp³-hybridized carbons (Fsp3) is 0.478. The zero-order chi connectivity index (χ0) is 25.4. The molecule has 0 radical (unpaired) electrons. The standard InChI is InChI=1S/C11H14O2.C7H8O5.C5H11NO2/c1-2-6-11(12)13-9-10-7-4-3-5-8-10;1-4-6(3-10-5(2)8)12-7(9)11-4;1-5(2,3)8-4(6)7/h3-5,7-8H,2,6,9H2,1H3;3H2,1-2H3;1-3H3,(H2,6,7). The van der Waals surface area contributed by atoms with Crippen LogP contribution in [-0.2, 0) is 37.0 Å². The highest BCUT2D eigenvalue weighted by molar-refractivity contribution is 5.69. The molecule has 0 bridgehead atoms. The Bertz CT molecular complexity index is 908. The molecule has 1 aromatic heterocycles. The van der Waals surface area contributed by atoms with E-state index < -0.39 is 23.5 Å². The van der Waals surface area contributed by atoms with Gasteiger partial charge in [-0.15, -0.1) is 0 Å². The molecule has 10 nitrogen and oxygen atoms in total. The Kier molecular flexibility index (Phi) is 13.6. The van der Waals surface area contributed by atoms with Gasteiger partial charge in [-0.25, -0.2) is 9.59 Å². The summed E-state index contributed by atoms with van der Waals surface area (Å²) in [5, 5.41) is 0. The number of carbonyl (C=O) groups excluding carboxylic acids is 3. The summed E-state index contributed by atoms with van der Waals surface area (Å²) in [6.07, 6.45) is 0.623. The van der Waals surface area contributed by atoms with Crippen LogP contribution in [0.3, 0.4) is 0 Å². The lowest BCUT2D eigenvalue weighted by atomic mass is 10.2. The third-order valence-corrected chi connectivity index (χ3v) is 3.35. The fourth-order valence-electron chi connectivity index (χ4n) is 1.99. The summed E-state index contributed by atoms with van der Waals surface area (Å²) in [5.41, 5.74) is 5.30. The predicted octanol–water partition coefficient (Wildman–Crippen LogP) is 4.01. The van der Waals surface area contributed by atoms with E-state index in [1.54, 1.807) is 27.7 Å². The quantitative estimate of drug-likeness (QED) is 0.491. The number of aryl methyl sites for hydroxylation is 1. The van der Waals surface area contributed by atoms with Gasteiger partial charge in [-0.2, -0.15) is 0 Å². The lowest BCUT2D eigenvalue weighted by molar-refractivity contribution is -0.145. The molecule has 10 heteroatoms. The highest BCUT2D eigenvalue weighted by Gasteiger charge is 2.12. The van der Waals surface area contributed by atoms with E-state index in [0.29, 0.717) is 18.8 Å². The Morgan fingerprint density at radius 2 is 1.61 bits per heavy atom. The van der Waals surface area contributed by atoms with E-state index in [9.17, 15) is 19.2 Å². The van der Waals surface area contributed by atoms with Crippen molar-refractivity contribution in [1.82, 2.24) is 0 Å². The van der Waals surface area contributed by atoms with Gasteiger partial charge in [0.15, 0.2) is 18.1 Å². The van der Waals surface area contributed by atoms with Crippen LogP contribution in [0, 0.1) is 6.92 Å². The van der Waals surface area contributed by atoms with Crippen molar-refractivity contribution >= 4 is 18.0 Å². The van der Waals surface area contributed by atoms with Crippen molar-refractivity contribution in [2.24, 2.45) is 5.73 Å². The maximum atomic E-state index is 11.0. The number of benzene rings is 1. The summed E-state index contributed by atoms with van der Waals surface area (Å²) in [6.45, 7) is 10.4. The molecular weight excluding hydrogens is 434 g/mol. The van der Waals surface area contributed by atoms with E-state index >= 15 is 0 Å². The second kappa shape index (κ2) is 15.3. The van der Waals surface area contributed by atoms with Gasteiger partial charge in [0.2, 0.25) is 0 Å². The maximum Gasteiger partial charge on any atom is 0.519 e. The lowest BCUT2D eigenvalue weighted by Crippen LogP contribution is -2.27. The molecule has 1 heterocycles. The molecule has 0 aliphatic heterocycles. The van der Waals surface area contributed by atoms with Gasteiger partial charge >= 0.3 is 23.9 Å². The average Bonchev–Trinajstić information content (AvgIpc) is 3.02. The molecule has 0 aliphatic carbocycles. The topological polar surface area (TPSA) is 148 Å². The van der Waals surface area contributed by atoms with Crippen molar-refractivity contribution in [1.29, 1.82) is 0 Å². The minimum atomic E-state index is -0.783. The van der Waals surface area contributed by atoms with Gasteiger partial charge in [-0.05, 0) is 39.7 Å². The number of amides is 1. The van der Waals surface area contributed by atoms with Gasteiger partial charge in [0.05, 0.1) is 0 Å². The van der Waals surface area contributed by atoms with Crippen molar-refractivity contribution in [2.45, 2.75) is 73.2 Å². The Morgan fingerprint density at radius 1 is 1.00 bits per heavy atom. The van der Waals surface area contributed by atoms with E-state index in [2.05, 4.69) is 18.3 Å². The molecule has 1 aromatic carbocycles. The van der Waals surface area contributed by atoms with Crippen LogP contribution in [-0.4, -0.2) is 23.6 Å². The molecule has 33 heavy (non-hydrogen) atoms. The maximum absolute atomic E-state index is 11.0. The molecule has 0 fully saturated rings. The molecule has 2 aromatic rings. The van der Waals surface area contributed by atoms with Crippen molar-refractivity contribution in [3.63, 3.8) is 0 Å². The molecule has 0 atom stereocenters. The van der Waals surface area contributed by atoms with Crippen molar-refractivity contribution in [2.75, 3.05) is 0 Å². The van der Waals surface area contributed by atoms with Crippen LogP contribution in [0.1, 0.15) is 64.5 Å². The third kappa shape index (κ3) is 16.8. The second-order valence-electron chi connectivity index (χ2n) is 7.64. The van der Waals surface area contributed by atoms with E-state index in [1.165, 1.54) is 6.92 Å². The Morgan fingerprint density at radius 3 is 2.00 bits per heavy atom. The summed E-state index contributed by atoms with van der Waals surface area (Å²) in [5.74, 6) is -0.754. The number of hydrogen-bond donors (Lipinski definition) is 1. The Balaban J connectivity index is 0.000000480. The van der Waals surface area contributed by atoms with Gasteiger partial charge < -0.3 is 28.8 Å². The molecule has 184 valence electrons. The molecule has 2 rings (SSSR count). The molecule has 1 amide bonds. The van der Waals surface area contributed by atoms with Crippen LogP contribution in [0.25, 0.3) is 0 Å². The summed E-state index contributed by atoms with van der Waals surface area (Å²) in [4.78, 5) is 41.9. The van der Waals surface area contributed by atoms with Gasteiger partial charge in [0.1, 0.15) is 12.2 Å². The molecule has 0 saturated heterocycles. The number of nitrogens with two attached hydrogens (primary N) is 1. The molecule has 0 saturated carbocycles. The number of carbonyl (C=O) groups is 3. The van der Waals surface area contributed by atoms with E-state index in [0.717, 1.165) is 12.0 Å². The number of ether oxygens (including phenoxy) is 3. The SMILES string of the molecule is CC(=O)OCc1oc(=O)oc1C.CC(C)(C)OC(N)=O.CCCC(=O)OCc1ccccc1. The van der Waals surface area contributed by atoms with Crippen LogP contribution >= 0.6 is 0 Å². The van der Waals surface area contributed by atoms with Gasteiger partial charge in [-0.3, -0.25) is 9.59 Å². The summed E-state index contributed by atoms with van der Waals surface area (Å²) >= 11 is 0. The fourth-order valence-corrected chi connectivity index (χ4v) is 1.99. The molecule has 2 N–H and O–H groups in total. The monoisotopic (exact) mass is 467 g/mol. The van der Waals surface area contributed by atoms with Gasteiger partial charge in [0.25, 0.3) is 0 Å². The summed E-state index contributed by atoms with van der Waals surface area (Å²) < 4.78 is 23.3. The third-order valence-electron chi connectivity index (χ3n) is 3.35. The van der Waals surface area contributed by atoms with Crippen molar-refractivity contribution < 1.29 is 37.4 Å². The van der Waals surface area contributed by atoms with E-state index in [-0.39, 0.29) is 18.3 Å². The van der Waals surface area contributed by atoms with E-state index in [4.69, 9.17) is 10.5 Å². The Hall–Kier alpha value is -3.56. The average molecular weight is 468 g/mol. The smallest absolute Gasteiger partial charge is 0.461 e. The van der Waals surface area contributed by atoms with Crippen molar-refractivity contribution in [3.8, 4) is 0 Å². The minimum Gasteiger partial charge on any atom is -0.461 e. The second-order valence-corrected chi connectivity index (χ2v) is 7.64. The summed E-state index contributed by atoms with van der Waals surface area (Å²) in [6, 6.07) is 9.70. The first-order chi connectivity index (χ1) is 15.3. The van der Waals surface area contributed by atoms with Gasteiger partial charge in [-0.1, -0.05) is 37.3 Å². The van der Waals surface area contributed by atoms with Crippen LogP contribution in [0.15, 0.2) is 44.0 Å². The predicted molar refractivity (Wildman–Crippen MR) is 119 cm³/mol. The largest absolute Gasteiger partial charge is 0.519 e. The number of esters is 2. The zero-order valence-electron chi connectivity index (χ0n) is 20.0. The van der Waals surface area contributed by atoms with Crippen LogP contribution in [0.4, 0.5) is 4.79 Å². The first-order valence-electron chi connectivity index (χ1n) is 10.2. The highest BCUT2D eigenvalue weighted by Crippen LogP contribution is 2.06. The number of hydrogen-bond acceptors (Lipinski definition) is 9. The van der Waals surface area contributed by atoms with E-state index in [1.807, 2.05) is 37.3 Å². The molecule has 0 spiro atoms. The van der Waals surface area contributed by atoms with Gasteiger partial charge in [0, 0.05) is 13.3 Å². The molecular formula is C23H33NO9. The van der Waals surface area contributed by atoms with Crippen LogP contribution in [0.5, 0.6) is 0 Å². The van der Waals surface area contributed by atoms with Crippen LogP contribution < -0.4 is 11.6 Å². The Labute approximate surface area is 193 Å². The highest BCUT2D eigenvalue weighted by atomic mass is 16.6. The first kappa shape index (κ1) is 29.4. The summed E-state index contributed by atoms with van der Waals surface area (Å²) in [7, 11) is 0. The first-order valence-corrected chi connectivity index (χ1v) is 10.2. The molecule has 0 aliphatic rings. The van der Waals surface area contributed by atoms with Crippen molar-refractivity contribution in [3.05, 3.63) is 58.0 Å². The number of primary amides is 1. The number of rotatable bonds is 6.